The maximum atomic E-state index is 12.6. The summed E-state index contributed by atoms with van der Waals surface area (Å²) in [4.78, 5) is 10.3. The van der Waals surface area contributed by atoms with Gasteiger partial charge in [0.25, 0.3) is 0 Å². The van der Waals surface area contributed by atoms with Gasteiger partial charge in [-0.2, -0.15) is 13.2 Å². The van der Waals surface area contributed by atoms with Crippen LogP contribution in [0.15, 0.2) is 48.5 Å². The van der Waals surface area contributed by atoms with Gasteiger partial charge in [-0.25, -0.2) is 0 Å². The van der Waals surface area contributed by atoms with Crippen LogP contribution in [0.4, 0.5) is 13.2 Å². The molecule has 0 aromatic heterocycles. The fourth-order valence-electron chi connectivity index (χ4n) is 2.22. The minimum atomic E-state index is -4.47. The minimum Gasteiger partial charge on any atom is -0.508 e. The molecule has 0 heterocycles. The van der Waals surface area contributed by atoms with E-state index in [0.717, 1.165) is 12.1 Å². The number of aromatic hydroxyl groups is 1. The molecule has 1 N–H and O–H groups in total. The Morgan fingerprint density at radius 2 is 1.68 bits per heavy atom. The van der Waals surface area contributed by atoms with E-state index in [0.29, 0.717) is 11.1 Å². The predicted octanol–water partition coefficient (Wildman–Crippen LogP) is 3.82. The van der Waals surface area contributed by atoms with Gasteiger partial charge in [0.2, 0.25) is 6.54 Å². The van der Waals surface area contributed by atoms with Gasteiger partial charge in [0.15, 0.2) is 0 Å². The predicted molar refractivity (Wildman–Crippen MR) is 73.3 cm³/mol. The Morgan fingerprint density at radius 1 is 1.09 bits per heavy atom. The van der Waals surface area contributed by atoms with E-state index >= 15 is 0 Å². The molecule has 0 saturated heterocycles. The van der Waals surface area contributed by atoms with Crippen molar-refractivity contribution in [3.8, 4) is 5.75 Å². The molecule has 0 saturated carbocycles. The first-order chi connectivity index (χ1) is 10.3. The zero-order chi connectivity index (χ0) is 16.3. The summed E-state index contributed by atoms with van der Waals surface area (Å²) in [6.45, 7) is -0.525. The average molecular weight is 311 g/mol. The second kappa shape index (κ2) is 6.05. The van der Waals surface area contributed by atoms with Crippen molar-refractivity contribution in [2.45, 2.75) is 12.1 Å². The van der Waals surface area contributed by atoms with Crippen LogP contribution in [-0.4, -0.2) is 16.6 Å². The fraction of sp³-hybridized carbons (Fsp3) is 0.200. The van der Waals surface area contributed by atoms with Gasteiger partial charge in [-0.1, -0.05) is 30.3 Å². The highest BCUT2D eigenvalue weighted by molar-refractivity contribution is 5.42. The molecule has 0 aliphatic heterocycles. The largest absolute Gasteiger partial charge is 0.508 e. The third-order valence-corrected chi connectivity index (χ3v) is 3.28. The molecule has 0 unspecified atom stereocenters. The first-order valence-corrected chi connectivity index (χ1v) is 6.36. The lowest BCUT2D eigenvalue weighted by atomic mass is 9.90. The number of phenols is 1. The number of alkyl halides is 3. The van der Waals surface area contributed by atoms with Crippen molar-refractivity contribution >= 4 is 0 Å². The molecular weight excluding hydrogens is 299 g/mol. The van der Waals surface area contributed by atoms with Crippen LogP contribution in [0.1, 0.15) is 22.6 Å². The Labute approximate surface area is 124 Å². The lowest BCUT2D eigenvalue weighted by Crippen LogP contribution is -2.14. The van der Waals surface area contributed by atoms with Crippen LogP contribution in [0.5, 0.6) is 5.75 Å². The summed E-state index contributed by atoms with van der Waals surface area (Å²) >= 11 is 0. The Morgan fingerprint density at radius 3 is 2.18 bits per heavy atom. The Kier molecular flexibility index (Phi) is 4.35. The third-order valence-electron chi connectivity index (χ3n) is 3.28. The lowest BCUT2D eigenvalue weighted by Gasteiger charge is -2.16. The highest BCUT2D eigenvalue weighted by atomic mass is 19.4. The fourth-order valence-corrected chi connectivity index (χ4v) is 2.22. The maximum Gasteiger partial charge on any atom is 0.416 e. The van der Waals surface area contributed by atoms with Crippen LogP contribution in [0.2, 0.25) is 0 Å². The first-order valence-electron chi connectivity index (χ1n) is 6.36. The number of benzene rings is 2. The van der Waals surface area contributed by atoms with Crippen molar-refractivity contribution in [2.24, 2.45) is 0 Å². The SMILES string of the molecule is O=[N+]([O-])C[C@@H](c1ccc(C(F)(F)F)cc1)c1ccccc1O. The second-order valence-corrected chi connectivity index (χ2v) is 4.75. The van der Waals surface area contributed by atoms with E-state index in [-0.39, 0.29) is 5.75 Å². The van der Waals surface area contributed by atoms with Crippen molar-refractivity contribution in [2.75, 3.05) is 6.54 Å². The number of nitrogens with zero attached hydrogens (tertiary/aromatic N) is 1. The second-order valence-electron chi connectivity index (χ2n) is 4.75. The van der Waals surface area contributed by atoms with E-state index in [2.05, 4.69) is 0 Å². The smallest absolute Gasteiger partial charge is 0.416 e. The number of hydrogen-bond donors (Lipinski definition) is 1. The van der Waals surface area contributed by atoms with Crippen molar-refractivity contribution in [3.05, 3.63) is 75.3 Å². The van der Waals surface area contributed by atoms with Crippen LogP contribution in [0, 0.1) is 10.1 Å². The van der Waals surface area contributed by atoms with Gasteiger partial charge in [-0.15, -0.1) is 0 Å². The number of hydrogen-bond acceptors (Lipinski definition) is 3. The number of phenolic OH excluding ortho intramolecular Hbond substituents is 1. The Bertz CT molecular complexity index is 668. The number of para-hydroxylation sites is 1. The molecule has 0 amide bonds. The van der Waals surface area contributed by atoms with Gasteiger partial charge in [0, 0.05) is 10.5 Å². The molecule has 22 heavy (non-hydrogen) atoms. The molecule has 0 aliphatic rings. The van der Waals surface area contributed by atoms with Crippen LogP contribution < -0.4 is 0 Å². The van der Waals surface area contributed by atoms with Crippen molar-refractivity contribution in [1.29, 1.82) is 0 Å². The zero-order valence-electron chi connectivity index (χ0n) is 11.2. The Hall–Kier alpha value is -2.57. The van der Waals surface area contributed by atoms with Crippen LogP contribution in [-0.2, 0) is 6.18 Å². The third kappa shape index (κ3) is 3.55. The summed E-state index contributed by atoms with van der Waals surface area (Å²) in [6.07, 6.45) is -4.47. The molecule has 2 rings (SSSR count). The van der Waals surface area contributed by atoms with Crippen LogP contribution in [0.3, 0.4) is 0 Å². The quantitative estimate of drug-likeness (QED) is 0.689. The first kappa shape index (κ1) is 15.8. The van der Waals surface area contributed by atoms with E-state index in [1.54, 1.807) is 12.1 Å². The Balaban J connectivity index is 2.42. The number of nitro groups is 1. The topological polar surface area (TPSA) is 63.4 Å². The monoisotopic (exact) mass is 311 g/mol. The summed E-state index contributed by atoms with van der Waals surface area (Å²) < 4.78 is 37.7. The summed E-state index contributed by atoms with van der Waals surface area (Å²) in [6, 6.07) is 10.2. The van der Waals surface area contributed by atoms with Gasteiger partial charge >= 0.3 is 6.18 Å². The molecule has 0 radical (unpaired) electrons. The van der Waals surface area contributed by atoms with Gasteiger partial charge in [-0.05, 0) is 23.8 Å². The number of rotatable bonds is 4. The molecule has 1 atom stereocenters. The summed E-state index contributed by atoms with van der Waals surface area (Å²) in [5.74, 6) is -0.951. The molecule has 116 valence electrons. The highest BCUT2D eigenvalue weighted by Gasteiger charge is 2.31. The van der Waals surface area contributed by atoms with E-state index in [9.17, 15) is 28.4 Å². The van der Waals surface area contributed by atoms with E-state index in [1.807, 2.05) is 0 Å². The molecule has 0 bridgehead atoms. The van der Waals surface area contributed by atoms with E-state index in [4.69, 9.17) is 0 Å². The standard InChI is InChI=1S/C15H12F3NO3/c16-15(17,18)11-7-5-10(6-8-11)13(9-19(21)22)12-3-1-2-4-14(12)20/h1-8,13,20H,9H2/t13-/m0/s1. The van der Waals surface area contributed by atoms with Crippen molar-refractivity contribution in [3.63, 3.8) is 0 Å². The molecule has 0 spiro atoms. The van der Waals surface area contributed by atoms with Gasteiger partial charge in [-0.3, -0.25) is 10.1 Å². The summed E-state index contributed by atoms with van der Waals surface area (Å²) in [7, 11) is 0. The number of halogens is 3. The van der Waals surface area contributed by atoms with Crippen molar-refractivity contribution < 1.29 is 23.2 Å². The van der Waals surface area contributed by atoms with Gasteiger partial charge < -0.3 is 5.11 Å². The van der Waals surface area contributed by atoms with Crippen LogP contribution in [0.25, 0.3) is 0 Å². The molecule has 2 aromatic rings. The molecule has 4 nitrogen and oxygen atoms in total. The molecule has 7 heteroatoms. The molecule has 2 aromatic carbocycles. The maximum absolute atomic E-state index is 12.6. The highest BCUT2D eigenvalue weighted by Crippen LogP contribution is 2.34. The zero-order valence-corrected chi connectivity index (χ0v) is 11.2. The van der Waals surface area contributed by atoms with E-state index < -0.39 is 29.1 Å². The normalized spacial score (nSPS) is 12.9. The summed E-state index contributed by atoms with van der Waals surface area (Å²) in [5.41, 5.74) is -0.182. The van der Waals surface area contributed by atoms with Gasteiger partial charge in [0.1, 0.15) is 5.75 Å². The van der Waals surface area contributed by atoms with E-state index in [1.165, 1.54) is 24.3 Å². The lowest BCUT2D eigenvalue weighted by molar-refractivity contribution is -0.481. The van der Waals surface area contributed by atoms with Gasteiger partial charge in [0.05, 0.1) is 11.5 Å². The average Bonchev–Trinajstić information content (AvgIpc) is 2.45. The minimum absolute atomic E-state index is 0.130. The molecule has 0 aliphatic carbocycles. The van der Waals surface area contributed by atoms with Crippen LogP contribution >= 0.6 is 0 Å². The summed E-state index contributed by atoms with van der Waals surface area (Å²) in [5, 5.41) is 20.7. The molecule has 0 fully saturated rings. The molecular formula is C15H12F3NO3. The van der Waals surface area contributed by atoms with Crippen molar-refractivity contribution in [1.82, 2.24) is 0 Å².